The Morgan fingerprint density at radius 3 is 2.24 bits per heavy atom. The minimum Gasteiger partial charge on any atom is -0.326 e. The molecule has 1 amide bonds. The van der Waals surface area contributed by atoms with Gasteiger partial charge in [-0.25, -0.2) is 16.8 Å². The van der Waals surface area contributed by atoms with E-state index in [0.29, 0.717) is 12.2 Å². The lowest BCUT2D eigenvalue weighted by atomic mass is 10.1. The van der Waals surface area contributed by atoms with Gasteiger partial charge < -0.3 is 10.6 Å². The molecule has 1 fully saturated rings. The molecule has 1 aliphatic rings. The topological polar surface area (TPSA) is 109 Å². The molecule has 2 atom stereocenters. The molecule has 0 aliphatic carbocycles. The second-order valence-electron chi connectivity index (χ2n) is 7.34. The van der Waals surface area contributed by atoms with Crippen LogP contribution in [-0.4, -0.2) is 45.5 Å². The summed E-state index contributed by atoms with van der Waals surface area (Å²) in [6, 6.07) is 12.8. The van der Waals surface area contributed by atoms with Crippen LogP contribution in [0, 0.1) is 6.92 Å². The van der Waals surface area contributed by atoms with Gasteiger partial charge in [-0.05, 0) is 36.8 Å². The standard InChI is InChI=1S/C20H24N2O5S2/c1-14-3-5-16(6-4-14)11-21-19-12-28(24,25)13-20(19)29(26,27)18-9-7-17(8-10-18)22-15(2)23/h3-10,19-21H,11-13H2,1-2H3,(H,22,23)/t19-,20-/m0/s1. The molecule has 0 saturated carbocycles. The van der Waals surface area contributed by atoms with Crippen molar-refractivity contribution in [2.75, 3.05) is 16.8 Å². The van der Waals surface area contributed by atoms with E-state index >= 15 is 0 Å². The van der Waals surface area contributed by atoms with Crippen molar-refractivity contribution >= 4 is 31.3 Å². The van der Waals surface area contributed by atoms with Crippen molar-refractivity contribution < 1.29 is 21.6 Å². The molecule has 156 valence electrons. The van der Waals surface area contributed by atoms with Crippen molar-refractivity contribution in [1.29, 1.82) is 0 Å². The Bertz CT molecular complexity index is 1090. The molecular weight excluding hydrogens is 412 g/mol. The minimum atomic E-state index is -3.87. The molecule has 0 bridgehead atoms. The fraction of sp³-hybridized carbons (Fsp3) is 0.350. The Morgan fingerprint density at radius 1 is 1.03 bits per heavy atom. The fourth-order valence-electron chi connectivity index (χ4n) is 3.37. The van der Waals surface area contributed by atoms with Crippen LogP contribution < -0.4 is 10.6 Å². The minimum absolute atomic E-state index is 0.0378. The smallest absolute Gasteiger partial charge is 0.221 e. The predicted octanol–water partition coefficient (Wildman–Crippen LogP) is 1.68. The largest absolute Gasteiger partial charge is 0.326 e. The molecule has 0 aromatic heterocycles. The number of aryl methyl sites for hydroxylation is 1. The van der Waals surface area contributed by atoms with E-state index in [9.17, 15) is 21.6 Å². The van der Waals surface area contributed by atoms with Crippen molar-refractivity contribution in [3.05, 3.63) is 59.7 Å². The first-order valence-corrected chi connectivity index (χ1v) is 12.5. The zero-order valence-corrected chi connectivity index (χ0v) is 17.9. The zero-order valence-electron chi connectivity index (χ0n) is 16.3. The maximum Gasteiger partial charge on any atom is 0.221 e. The second kappa shape index (κ2) is 8.25. The average Bonchev–Trinajstić information content (AvgIpc) is 2.97. The van der Waals surface area contributed by atoms with Gasteiger partial charge in [0.25, 0.3) is 0 Å². The molecular formula is C20H24N2O5S2. The monoisotopic (exact) mass is 436 g/mol. The number of carbonyl (C=O) groups is 1. The Kier molecular flexibility index (Phi) is 6.11. The van der Waals surface area contributed by atoms with Gasteiger partial charge in [0.05, 0.1) is 21.7 Å². The molecule has 1 saturated heterocycles. The highest BCUT2D eigenvalue weighted by molar-refractivity contribution is 7.96. The lowest BCUT2D eigenvalue weighted by molar-refractivity contribution is -0.114. The Morgan fingerprint density at radius 2 is 1.66 bits per heavy atom. The third kappa shape index (κ3) is 5.23. The van der Waals surface area contributed by atoms with E-state index in [1.54, 1.807) is 0 Å². The zero-order chi connectivity index (χ0) is 21.2. The molecule has 0 radical (unpaired) electrons. The van der Waals surface area contributed by atoms with Gasteiger partial charge >= 0.3 is 0 Å². The number of rotatable bonds is 6. The number of benzene rings is 2. The number of anilines is 1. The Hall–Kier alpha value is -2.23. The van der Waals surface area contributed by atoms with E-state index in [2.05, 4.69) is 10.6 Å². The average molecular weight is 437 g/mol. The lowest BCUT2D eigenvalue weighted by Crippen LogP contribution is -2.43. The molecule has 2 N–H and O–H groups in total. The lowest BCUT2D eigenvalue weighted by Gasteiger charge is -2.20. The summed E-state index contributed by atoms with van der Waals surface area (Å²) in [6.07, 6.45) is 0. The van der Waals surface area contributed by atoms with Crippen LogP contribution in [0.4, 0.5) is 5.69 Å². The van der Waals surface area contributed by atoms with E-state index in [1.807, 2.05) is 31.2 Å². The van der Waals surface area contributed by atoms with Crippen LogP contribution >= 0.6 is 0 Å². The molecule has 0 spiro atoms. The highest BCUT2D eigenvalue weighted by Crippen LogP contribution is 2.27. The summed E-state index contributed by atoms with van der Waals surface area (Å²) in [6.45, 7) is 3.72. The van der Waals surface area contributed by atoms with Crippen LogP contribution in [0.25, 0.3) is 0 Å². The van der Waals surface area contributed by atoms with Crippen LogP contribution in [0.15, 0.2) is 53.4 Å². The van der Waals surface area contributed by atoms with Crippen LogP contribution in [0.1, 0.15) is 18.1 Å². The van der Waals surface area contributed by atoms with E-state index in [1.165, 1.54) is 31.2 Å². The molecule has 29 heavy (non-hydrogen) atoms. The highest BCUT2D eigenvalue weighted by Gasteiger charge is 2.45. The maximum absolute atomic E-state index is 13.1. The third-order valence-electron chi connectivity index (χ3n) is 4.89. The molecule has 1 heterocycles. The predicted molar refractivity (Wildman–Crippen MR) is 112 cm³/mol. The van der Waals surface area contributed by atoms with Gasteiger partial charge in [0.15, 0.2) is 19.7 Å². The normalized spacial score (nSPS) is 21.0. The van der Waals surface area contributed by atoms with Crippen LogP contribution in [0.5, 0.6) is 0 Å². The number of nitrogens with one attached hydrogen (secondary N) is 2. The number of carbonyl (C=O) groups excluding carboxylic acids is 1. The molecule has 7 nitrogen and oxygen atoms in total. The summed E-state index contributed by atoms with van der Waals surface area (Å²) < 4.78 is 50.7. The second-order valence-corrected chi connectivity index (χ2v) is 11.7. The molecule has 3 rings (SSSR count). The van der Waals surface area contributed by atoms with E-state index in [-0.39, 0.29) is 16.6 Å². The van der Waals surface area contributed by atoms with Gasteiger partial charge in [-0.3, -0.25) is 4.79 Å². The number of hydrogen-bond acceptors (Lipinski definition) is 6. The van der Waals surface area contributed by atoms with E-state index in [4.69, 9.17) is 0 Å². The van der Waals surface area contributed by atoms with E-state index < -0.39 is 36.7 Å². The van der Waals surface area contributed by atoms with E-state index in [0.717, 1.165) is 11.1 Å². The van der Waals surface area contributed by atoms with Gasteiger partial charge in [-0.1, -0.05) is 29.8 Å². The first kappa shape index (κ1) is 21.5. The molecule has 1 aliphatic heterocycles. The van der Waals surface area contributed by atoms with Gasteiger partial charge in [-0.15, -0.1) is 0 Å². The van der Waals surface area contributed by atoms with Gasteiger partial charge in [-0.2, -0.15) is 0 Å². The van der Waals surface area contributed by atoms with Crippen molar-refractivity contribution in [3.63, 3.8) is 0 Å². The molecule has 2 aromatic rings. The van der Waals surface area contributed by atoms with Crippen molar-refractivity contribution in [3.8, 4) is 0 Å². The summed E-state index contributed by atoms with van der Waals surface area (Å²) in [4.78, 5) is 11.2. The summed E-state index contributed by atoms with van der Waals surface area (Å²) in [5.74, 6) is -0.885. The summed E-state index contributed by atoms with van der Waals surface area (Å²) >= 11 is 0. The molecule has 9 heteroatoms. The van der Waals surface area contributed by atoms with Gasteiger partial charge in [0.2, 0.25) is 5.91 Å². The van der Waals surface area contributed by atoms with Crippen LogP contribution in [0.3, 0.4) is 0 Å². The summed E-state index contributed by atoms with van der Waals surface area (Å²) in [5, 5.41) is 4.63. The molecule has 2 aromatic carbocycles. The van der Waals surface area contributed by atoms with Crippen molar-refractivity contribution in [2.24, 2.45) is 0 Å². The number of hydrogen-bond donors (Lipinski definition) is 2. The maximum atomic E-state index is 13.1. The quantitative estimate of drug-likeness (QED) is 0.713. The Balaban J connectivity index is 1.81. The third-order valence-corrected chi connectivity index (χ3v) is 9.06. The van der Waals surface area contributed by atoms with Gasteiger partial charge in [0.1, 0.15) is 0 Å². The fourth-order valence-corrected chi connectivity index (χ4v) is 8.09. The summed E-state index contributed by atoms with van der Waals surface area (Å²) in [7, 11) is -7.34. The molecule has 0 unspecified atom stereocenters. The first-order valence-electron chi connectivity index (χ1n) is 9.18. The number of sulfone groups is 2. The first-order chi connectivity index (χ1) is 13.6. The van der Waals surface area contributed by atoms with Crippen LogP contribution in [0.2, 0.25) is 0 Å². The number of amides is 1. The van der Waals surface area contributed by atoms with Crippen LogP contribution in [-0.2, 0) is 31.0 Å². The van der Waals surface area contributed by atoms with Crippen molar-refractivity contribution in [1.82, 2.24) is 5.32 Å². The Labute approximate surface area is 171 Å². The highest BCUT2D eigenvalue weighted by atomic mass is 32.2. The van der Waals surface area contributed by atoms with Crippen molar-refractivity contribution in [2.45, 2.75) is 36.6 Å². The van der Waals surface area contributed by atoms with Gasteiger partial charge in [0, 0.05) is 25.2 Å². The SMILES string of the molecule is CC(=O)Nc1ccc(S(=O)(=O)[C@H]2CS(=O)(=O)C[C@@H]2NCc2ccc(C)cc2)cc1. The summed E-state index contributed by atoms with van der Waals surface area (Å²) in [5.41, 5.74) is 2.54.